The summed E-state index contributed by atoms with van der Waals surface area (Å²) in [4.78, 5) is 17.5. The molecule has 1 aliphatic carbocycles. The molecule has 3 rings (SSSR count). The lowest BCUT2D eigenvalue weighted by molar-refractivity contribution is -0.136. The van der Waals surface area contributed by atoms with Gasteiger partial charge in [-0.15, -0.1) is 11.3 Å². The van der Waals surface area contributed by atoms with Crippen molar-refractivity contribution in [3.05, 3.63) is 11.1 Å². The third-order valence-electron chi connectivity index (χ3n) is 4.88. The number of carbonyl (C=O) groups is 1. The smallest absolute Gasteiger partial charge is 0.309 e. The van der Waals surface area contributed by atoms with Crippen molar-refractivity contribution in [1.29, 1.82) is 0 Å². The quantitative estimate of drug-likeness (QED) is 0.929. The molecular formula is C15H22N2O2S. The molecule has 1 aliphatic heterocycles. The number of anilines is 1. The molecule has 0 unspecified atom stereocenters. The van der Waals surface area contributed by atoms with Crippen molar-refractivity contribution >= 4 is 22.4 Å². The van der Waals surface area contributed by atoms with Gasteiger partial charge in [-0.1, -0.05) is 19.3 Å². The first kappa shape index (κ1) is 13.9. The van der Waals surface area contributed by atoms with Crippen LogP contribution in [0.3, 0.4) is 0 Å². The van der Waals surface area contributed by atoms with Crippen molar-refractivity contribution in [2.75, 3.05) is 18.0 Å². The van der Waals surface area contributed by atoms with Crippen LogP contribution < -0.4 is 4.90 Å². The zero-order valence-corrected chi connectivity index (χ0v) is 12.6. The van der Waals surface area contributed by atoms with Crippen molar-refractivity contribution in [1.82, 2.24) is 4.98 Å². The molecule has 1 spiro atoms. The molecule has 2 fully saturated rings. The Morgan fingerprint density at radius 2 is 1.95 bits per heavy atom. The van der Waals surface area contributed by atoms with Crippen LogP contribution in [-0.2, 0) is 11.2 Å². The maximum atomic E-state index is 10.7. The summed E-state index contributed by atoms with van der Waals surface area (Å²) >= 11 is 1.58. The van der Waals surface area contributed by atoms with Gasteiger partial charge < -0.3 is 10.0 Å². The zero-order chi connectivity index (χ0) is 14.0. The highest BCUT2D eigenvalue weighted by molar-refractivity contribution is 7.13. The lowest BCUT2D eigenvalue weighted by Gasteiger charge is -2.44. The Labute approximate surface area is 123 Å². The summed E-state index contributed by atoms with van der Waals surface area (Å²) < 4.78 is 0. The van der Waals surface area contributed by atoms with Crippen molar-refractivity contribution in [2.45, 2.75) is 51.4 Å². The van der Waals surface area contributed by atoms with Gasteiger partial charge >= 0.3 is 5.97 Å². The third kappa shape index (κ3) is 2.97. The average molecular weight is 294 g/mol. The lowest BCUT2D eigenvalue weighted by Crippen LogP contribution is -2.41. The molecule has 0 bridgehead atoms. The predicted octanol–water partition coefficient (Wildman–Crippen LogP) is 3.32. The standard InChI is InChI=1S/C15H22N2O2S/c18-13(19)10-12-11-20-14(16-12)17-8-6-15(7-9-17)4-2-1-3-5-15/h11H,1-10H2,(H,18,19). The number of thiazole rings is 1. The number of hydrogen-bond donors (Lipinski definition) is 1. The second kappa shape index (κ2) is 5.72. The molecule has 2 heterocycles. The zero-order valence-electron chi connectivity index (χ0n) is 11.8. The lowest BCUT2D eigenvalue weighted by atomic mass is 9.68. The molecule has 0 aromatic carbocycles. The minimum absolute atomic E-state index is 0.0360. The van der Waals surface area contributed by atoms with E-state index in [9.17, 15) is 4.79 Å². The Morgan fingerprint density at radius 3 is 2.60 bits per heavy atom. The highest BCUT2D eigenvalue weighted by Crippen LogP contribution is 2.45. The van der Waals surface area contributed by atoms with Gasteiger partial charge in [-0.05, 0) is 31.1 Å². The normalized spacial score (nSPS) is 22.1. The van der Waals surface area contributed by atoms with Gasteiger partial charge in [0.25, 0.3) is 0 Å². The van der Waals surface area contributed by atoms with Crippen LogP contribution in [0.5, 0.6) is 0 Å². The monoisotopic (exact) mass is 294 g/mol. The van der Waals surface area contributed by atoms with Gasteiger partial charge in [-0.3, -0.25) is 4.79 Å². The van der Waals surface area contributed by atoms with Gasteiger partial charge in [0.2, 0.25) is 0 Å². The Balaban J connectivity index is 1.60. The number of carboxylic acids is 1. The van der Waals surface area contributed by atoms with E-state index in [1.54, 1.807) is 11.3 Å². The van der Waals surface area contributed by atoms with E-state index in [0.717, 1.165) is 18.2 Å². The highest BCUT2D eigenvalue weighted by Gasteiger charge is 2.35. The highest BCUT2D eigenvalue weighted by atomic mass is 32.1. The largest absolute Gasteiger partial charge is 0.481 e. The van der Waals surface area contributed by atoms with E-state index in [4.69, 9.17) is 5.11 Å². The minimum atomic E-state index is -0.804. The number of carboxylic acid groups (broad SMARTS) is 1. The van der Waals surface area contributed by atoms with E-state index in [-0.39, 0.29) is 6.42 Å². The van der Waals surface area contributed by atoms with Gasteiger partial charge in [0, 0.05) is 18.5 Å². The first-order valence-electron chi connectivity index (χ1n) is 7.58. The third-order valence-corrected chi connectivity index (χ3v) is 5.83. The number of piperidine rings is 1. The maximum absolute atomic E-state index is 10.7. The Morgan fingerprint density at radius 1 is 1.25 bits per heavy atom. The average Bonchev–Trinajstić information content (AvgIpc) is 2.88. The molecule has 0 atom stereocenters. The van der Waals surface area contributed by atoms with E-state index >= 15 is 0 Å². The second-order valence-electron chi connectivity index (χ2n) is 6.24. The van der Waals surface area contributed by atoms with Crippen LogP contribution in [0.1, 0.15) is 50.6 Å². The summed E-state index contributed by atoms with van der Waals surface area (Å²) in [6, 6.07) is 0. The van der Waals surface area contributed by atoms with Gasteiger partial charge in [-0.25, -0.2) is 4.98 Å². The summed E-state index contributed by atoms with van der Waals surface area (Å²) in [5, 5.41) is 11.7. The fourth-order valence-electron chi connectivity index (χ4n) is 3.65. The van der Waals surface area contributed by atoms with E-state index in [1.165, 1.54) is 44.9 Å². The van der Waals surface area contributed by atoms with Crippen LogP contribution in [0.2, 0.25) is 0 Å². The molecule has 20 heavy (non-hydrogen) atoms. The first-order chi connectivity index (χ1) is 9.67. The second-order valence-corrected chi connectivity index (χ2v) is 7.08. The SMILES string of the molecule is O=C(O)Cc1csc(N2CCC3(CCCCC3)CC2)n1. The van der Waals surface area contributed by atoms with Crippen molar-refractivity contribution in [2.24, 2.45) is 5.41 Å². The van der Waals surface area contributed by atoms with Crippen molar-refractivity contribution in [3.8, 4) is 0 Å². The van der Waals surface area contributed by atoms with E-state index in [0.29, 0.717) is 11.1 Å². The molecule has 0 amide bonds. The summed E-state index contributed by atoms with van der Waals surface area (Å²) in [6.07, 6.45) is 9.62. The maximum Gasteiger partial charge on any atom is 0.309 e. The van der Waals surface area contributed by atoms with Crippen molar-refractivity contribution < 1.29 is 9.90 Å². The molecule has 1 saturated carbocycles. The summed E-state index contributed by atoms with van der Waals surface area (Å²) in [5.41, 5.74) is 1.30. The predicted molar refractivity (Wildman–Crippen MR) is 80.4 cm³/mol. The number of rotatable bonds is 3. The number of aromatic nitrogens is 1. The first-order valence-corrected chi connectivity index (χ1v) is 8.46. The molecule has 1 aromatic heterocycles. The number of hydrogen-bond acceptors (Lipinski definition) is 4. The molecule has 1 aromatic rings. The van der Waals surface area contributed by atoms with Crippen LogP contribution in [-0.4, -0.2) is 29.1 Å². The summed E-state index contributed by atoms with van der Waals surface area (Å²) in [7, 11) is 0. The van der Waals surface area contributed by atoms with Crippen LogP contribution in [0, 0.1) is 5.41 Å². The van der Waals surface area contributed by atoms with Crippen LogP contribution >= 0.6 is 11.3 Å². The fourth-order valence-corrected chi connectivity index (χ4v) is 4.53. The molecule has 5 heteroatoms. The van der Waals surface area contributed by atoms with Gasteiger partial charge in [0.1, 0.15) is 0 Å². The molecule has 0 radical (unpaired) electrons. The fraction of sp³-hybridized carbons (Fsp3) is 0.733. The molecule has 4 nitrogen and oxygen atoms in total. The van der Waals surface area contributed by atoms with Crippen LogP contribution in [0.4, 0.5) is 5.13 Å². The van der Waals surface area contributed by atoms with Crippen LogP contribution in [0.25, 0.3) is 0 Å². The van der Waals surface area contributed by atoms with Gasteiger partial charge in [-0.2, -0.15) is 0 Å². The Hall–Kier alpha value is -1.10. The molecule has 1 N–H and O–H groups in total. The molecule has 110 valence electrons. The van der Waals surface area contributed by atoms with E-state index in [2.05, 4.69) is 9.88 Å². The molecule has 2 aliphatic rings. The Kier molecular flexibility index (Phi) is 3.96. The minimum Gasteiger partial charge on any atom is -0.481 e. The number of nitrogens with zero attached hydrogens (tertiary/aromatic N) is 2. The molecular weight excluding hydrogens is 272 g/mol. The summed E-state index contributed by atoms with van der Waals surface area (Å²) in [5.74, 6) is -0.804. The van der Waals surface area contributed by atoms with Gasteiger partial charge in [0.05, 0.1) is 12.1 Å². The summed E-state index contributed by atoms with van der Waals surface area (Å²) in [6.45, 7) is 2.17. The topological polar surface area (TPSA) is 53.4 Å². The van der Waals surface area contributed by atoms with Crippen molar-refractivity contribution in [3.63, 3.8) is 0 Å². The van der Waals surface area contributed by atoms with Gasteiger partial charge in [0.15, 0.2) is 5.13 Å². The van der Waals surface area contributed by atoms with E-state index < -0.39 is 5.97 Å². The van der Waals surface area contributed by atoms with E-state index in [1.807, 2.05) is 5.38 Å². The molecule has 1 saturated heterocycles. The number of aliphatic carboxylic acids is 1. The Bertz CT molecular complexity index is 470. The van der Waals surface area contributed by atoms with Crippen LogP contribution in [0.15, 0.2) is 5.38 Å².